The minimum absolute atomic E-state index is 0.575. The summed E-state index contributed by atoms with van der Waals surface area (Å²) in [7, 11) is 0. The SMILES string of the molecule is c1ccc(-c2nc(-c3ccc4ccccc4c3-c3cccc4oc5cc6ccncc6cc5c34)nc(-c3cccc4oc5ccccc5c34)n2)cc1. The lowest BCUT2D eigenvalue weighted by Crippen LogP contribution is -2.01. The van der Waals surface area contributed by atoms with Crippen molar-refractivity contribution in [2.45, 2.75) is 0 Å². The number of furan rings is 2. The van der Waals surface area contributed by atoms with Gasteiger partial charge in [-0.1, -0.05) is 103 Å². The molecule has 7 aromatic carbocycles. The van der Waals surface area contributed by atoms with E-state index in [0.717, 1.165) is 93.2 Å². The van der Waals surface area contributed by atoms with Crippen molar-refractivity contribution in [3.8, 4) is 45.3 Å². The molecule has 0 fully saturated rings. The smallest absolute Gasteiger partial charge is 0.164 e. The van der Waals surface area contributed by atoms with Crippen LogP contribution in [0.25, 0.3) is 111 Å². The zero-order valence-corrected chi connectivity index (χ0v) is 27.6. The second-order valence-electron chi connectivity index (χ2n) is 13.0. The van der Waals surface area contributed by atoms with Crippen LogP contribution in [-0.2, 0) is 0 Å². The topological polar surface area (TPSA) is 77.8 Å². The molecule has 4 heterocycles. The molecule has 0 saturated carbocycles. The van der Waals surface area contributed by atoms with Crippen LogP contribution < -0.4 is 0 Å². The molecule has 0 aliphatic heterocycles. The minimum atomic E-state index is 0.575. The lowest BCUT2D eigenvalue weighted by Gasteiger charge is -2.16. The Morgan fingerprint density at radius 3 is 1.92 bits per heavy atom. The summed E-state index contributed by atoms with van der Waals surface area (Å²) in [5, 5.41) is 8.41. The summed E-state index contributed by atoms with van der Waals surface area (Å²) in [6.45, 7) is 0. The van der Waals surface area contributed by atoms with Crippen LogP contribution in [0.5, 0.6) is 0 Å². The molecule has 0 N–H and O–H groups in total. The van der Waals surface area contributed by atoms with Crippen molar-refractivity contribution >= 4 is 65.4 Å². The predicted molar refractivity (Wildman–Crippen MR) is 209 cm³/mol. The molecule has 11 rings (SSSR count). The van der Waals surface area contributed by atoms with Crippen LogP contribution in [0.15, 0.2) is 167 Å². The third kappa shape index (κ3) is 4.38. The number of nitrogens with zero attached hydrogens (tertiary/aromatic N) is 4. The molecule has 4 aromatic heterocycles. The van der Waals surface area contributed by atoms with Gasteiger partial charge in [-0.05, 0) is 64.2 Å². The maximum atomic E-state index is 6.53. The van der Waals surface area contributed by atoms with Crippen molar-refractivity contribution in [3.63, 3.8) is 0 Å². The summed E-state index contributed by atoms with van der Waals surface area (Å²) >= 11 is 0. The van der Waals surface area contributed by atoms with Crippen LogP contribution in [0.3, 0.4) is 0 Å². The molecule has 0 bridgehead atoms. The normalized spacial score (nSPS) is 11.8. The lowest BCUT2D eigenvalue weighted by atomic mass is 9.90. The Labute approximate surface area is 296 Å². The van der Waals surface area contributed by atoms with E-state index < -0.39 is 0 Å². The highest BCUT2D eigenvalue weighted by molar-refractivity contribution is 6.19. The highest BCUT2D eigenvalue weighted by atomic mass is 16.3. The quantitative estimate of drug-likeness (QED) is 0.186. The first-order chi connectivity index (χ1) is 25.8. The van der Waals surface area contributed by atoms with Gasteiger partial charge in [0.15, 0.2) is 17.5 Å². The van der Waals surface area contributed by atoms with Crippen molar-refractivity contribution in [1.29, 1.82) is 0 Å². The third-order valence-corrected chi connectivity index (χ3v) is 10.0. The second-order valence-corrected chi connectivity index (χ2v) is 13.0. The van der Waals surface area contributed by atoms with E-state index >= 15 is 0 Å². The molecule has 242 valence electrons. The van der Waals surface area contributed by atoms with Gasteiger partial charge in [-0.25, -0.2) is 15.0 Å². The Morgan fingerprint density at radius 2 is 1.06 bits per heavy atom. The van der Waals surface area contributed by atoms with E-state index in [9.17, 15) is 0 Å². The molecule has 0 unspecified atom stereocenters. The van der Waals surface area contributed by atoms with Gasteiger partial charge in [-0.3, -0.25) is 4.98 Å². The van der Waals surface area contributed by atoms with E-state index in [2.05, 4.69) is 77.8 Å². The average Bonchev–Trinajstić information content (AvgIpc) is 3.78. The van der Waals surface area contributed by atoms with E-state index in [1.54, 1.807) is 0 Å². The van der Waals surface area contributed by atoms with Crippen molar-refractivity contribution in [1.82, 2.24) is 19.9 Å². The van der Waals surface area contributed by atoms with E-state index in [4.69, 9.17) is 23.8 Å². The van der Waals surface area contributed by atoms with Crippen LogP contribution in [0.4, 0.5) is 0 Å². The molecular formula is C46H26N4O2. The molecule has 0 aliphatic rings. The molecule has 0 atom stereocenters. The molecule has 6 nitrogen and oxygen atoms in total. The van der Waals surface area contributed by atoms with Gasteiger partial charge in [0.05, 0.1) is 0 Å². The largest absolute Gasteiger partial charge is 0.456 e. The van der Waals surface area contributed by atoms with Gasteiger partial charge in [0.2, 0.25) is 0 Å². The first-order valence-electron chi connectivity index (χ1n) is 17.2. The van der Waals surface area contributed by atoms with Gasteiger partial charge < -0.3 is 8.83 Å². The Morgan fingerprint density at radius 1 is 0.385 bits per heavy atom. The first-order valence-corrected chi connectivity index (χ1v) is 17.2. The number of benzene rings is 7. The standard InChI is InChI=1S/C46H26N4O2/c1-2-11-28(12-3-1)44-48-45(34-16-9-19-38-42(34)32-14-6-7-17-37(32)51-38)50-46(49-44)35-21-20-27-10-4-5-13-31(27)41(35)33-15-8-18-39-43(33)36-24-30-26-47-23-22-29(30)25-40(36)52-39/h1-26H. The Bertz CT molecular complexity index is 3200. The van der Waals surface area contributed by atoms with E-state index in [-0.39, 0.29) is 0 Å². The van der Waals surface area contributed by atoms with E-state index in [1.807, 2.05) is 85.2 Å². The fourth-order valence-corrected chi connectivity index (χ4v) is 7.66. The summed E-state index contributed by atoms with van der Waals surface area (Å²) < 4.78 is 12.8. The van der Waals surface area contributed by atoms with Crippen LogP contribution in [0, 0.1) is 0 Å². The van der Waals surface area contributed by atoms with Gasteiger partial charge in [-0.2, -0.15) is 0 Å². The molecule has 0 radical (unpaired) electrons. The maximum Gasteiger partial charge on any atom is 0.164 e. The second kappa shape index (κ2) is 11.2. The van der Waals surface area contributed by atoms with E-state index in [1.165, 1.54) is 0 Å². The predicted octanol–water partition coefficient (Wildman–Crippen LogP) is 12.0. The van der Waals surface area contributed by atoms with Crippen LogP contribution in [0.2, 0.25) is 0 Å². The van der Waals surface area contributed by atoms with Crippen molar-refractivity contribution in [2.75, 3.05) is 0 Å². The van der Waals surface area contributed by atoms with Crippen molar-refractivity contribution < 1.29 is 8.83 Å². The van der Waals surface area contributed by atoms with Crippen molar-refractivity contribution in [2.24, 2.45) is 0 Å². The number of rotatable bonds is 4. The van der Waals surface area contributed by atoms with Gasteiger partial charge >= 0.3 is 0 Å². The highest BCUT2D eigenvalue weighted by Gasteiger charge is 2.23. The van der Waals surface area contributed by atoms with Crippen molar-refractivity contribution in [3.05, 3.63) is 158 Å². The maximum absolute atomic E-state index is 6.53. The highest BCUT2D eigenvalue weighted by Crippen LogP contribution is 2.45. The number of hydrogen-bond donors (Lipinski definition) is 0. The zero-order chi connectivity index (χ0) is 34.2. The number of fused-ring (bicyclic) bond motifs is 8. The zero-order valence-electron chi connectivity index (χ0n) is 27.6. The van der Waals surface area contributed by atoms with Crippen LogP contribution >= 0.6 is 0 Å². The molecule has 0 aliphatic carbocycles. The Kier molecular flexibility index (Phi) is 6.15. The Hall–Kier alpha value is -7.18. The number of pyridine rings is 1. The fraction of sp³-hybridized carbons (Fsp3) is 0. The minimum Gasteiger partial charge on any atom is -0.456 e. The molecule has 6 heteroatoms. The molecule has 11 aromatic rings. The molecule has 52 heavy (non-hydrogen) atoms. The van der Waals surface area contributed by atoms with Gasteiger partial charge in [0, 0.05) is 61.6 Å². The Balaban J connectivity index is 1.24. The third-order valence-electron chi connectivity index (χ3n) is 10.0. The van der Waals surface area contributed by atoms with Gasteiger partial charge in [-0.15, -0.1) is 0 Å². The monoisotopic (exact) mass is 666 g/mol. The molecule has 0 saturated heterocycles. The van der Waals surface area contributed by atoms with Crippen LogP contribution in [-0.4, -0.2) is 19.9 Å². The van der Waals surface area contributed by atoms with Gasteiger partial charge in [0.25, 0.3) is 0 Å². The molecular weight excluding hydrogens is 641 g/mol. The number of para-hydroxylation sites is 1. The van der Waals surface area contributed by atoms with Gasteiger partial charge in [0.1, 0.15) is 22.3 Å². The van der Waals surface area contributed by atoms with E-state index in [0.29, 0.717) is 17.5 Å². The summed E-state index contributed by atoms with van der Waals surface area (Å²) in [6.07, 6.45) is 3.72. The average molecular weight is 667 g/mol. The summed E-state index contributed by atoms with van der Waals surface area (Å²) in [5.74, 6) is 1.75. The fourth-order valence-electron chi connectivity index (χ4n) is 7.66. The summed E-state index contributed by atoms with van der Waals surface area (Å²) in [4.78, 5) is 20.0. The summed E-state index contributed by atoms with van der Waals surface area (Å²) in [6, 6.07) is 49.6. The molecule has 0 amide bonds. The van der Waals surface area contributed by atoms with Crippen LogP contribution in [0.1, 0.15) is 0 Å². The molecule has 0 spiro atoms. The first kappa shape index (κ1) is 28.6. The number of hydrogen-bond acceptors (Lipinski definition) is 6. The number of aromatic nitrogens is 4. The lowest BCUT2D eigenvalue weighted by molar-refractivity contribution is 0.669. The summed E-state index contributed by atoms with van der Waals surface area (Å²) in [5.41, 5.74) is 8.01.